The van der Waals surface area contributed by atoms with Crippen LogP contribution < -0.4 is 4.90 Å². The number of fused-ring (bicyclic) bond motifs is 1. The fraction of sp³-hybridized carbons (Fsp3) is 0.435. The lowest BCUT2D eigenvalue weighted by Crippen LogP contribution is -2.55. The lowest BCUT2D eigenvalue weighted by atomic mass is 9.77. The fourth-order valence-corrected chi connectivity index (χ4v) is 5.39. The summed E-state index contributed by atoms with van der Waals surface area (Å²) in [6, 6.07) is 8.63. The quantitative estimate of drug-likeness (QED) is 0.262. The Kier molecular flexibility index (Phi) is 6.94. The highest BCUT2D eigenvalue weighted by atomic mass is 35.5. The smallest absolute Gasteiger partial charge is 0.407 e. The van der Waals surface area contributed by atoms with Gasteiger partial charge in [0.05, 0.1) is 36.0 Å². The number of nitrogens with zero attached hydrogens (tertiary/aromatic N) is 6. The molecule has 1 aliphatic carbocycles. The second-order valence-corrected chi connectivity index (χ2v) is 9.05. The Morgan fingerprint density at radius 3 is 2.78 bits per heavy atom. The SMILES string of the molecule is COC(=O)C1(Cc2nc(Cl)nc(N3CCN(C(=O)O)[C@@H](CC#N)C3)c2[N+](=O)[O-])CCc2ccccc21. The number of anilines is 1. The normalized spacial score (nSPS) is 21.0. The van der Waals surface area contributed by atoms with Crippen LogP contribution in [-0.2, 0) is 27.8 Å². The lowest BCUT2D eigenvalue weighted by Gasteiger charge is -2.39. The van der Waals surface area contributed by atoms with Gasteiger partial charge in [0.1, 0.15) is 5.69 Å². The van der Waals surface area contributed by atoms with Crippen LogP contribution in [0.4, 0.5) is 16.3 Å². The van der Waals surface area contributed by atoms with Gasteiger partial charge in [-0.3, -0.25) is 14.9 Å². The molecule has 2 atom stereocenters. The number of esters is 1. The first-order chi connectivity index (χ1) is 17.2. The largest absolute Gasteiger partial charge is 0.468 e. The van der Waals surface area contributed by atoms with E-state index in [1.807, 2.05) is 24.3 Å². The lowest BCUT2D eigenvalue weighted by molar-refractivity contribution is -0.385. The van der Waals surface area contributed by atoms with Crippen molar-refractivity contribution in [2.45, 2.75) is 37.1 Å². The van der Waals surface area contributed by atoms with Crippen LogP contribution in [0, 0.1) is 21.4 Å². The monoisotopic (exact) mass is 514 g/mol. The van der Waals surface area contributed by atoms with Crippen molar-refractivity contribution in [1.82, 2.24) is 14.9 Å². The number of hydrogen-bond donors (Lipinski definition) is 1. The molecule has 0 bridgehead atoms. The number of aromatic nitrogens is 2. The number of carboxylic acid groups (broad SMARTS) is 1. The molecule has 2 heterocycles. The van der Waals surface area contributed by atoms with Gasteiger partial charge in [0.25, 0.3) is 0 Å². The maximum absolute atomic E-state index is 13.1. The summed E-state index contributed by atoms with van der Waals surface area (Å²) < 4.78 is 5.13. The molecule has 188 valence electrons. The first-order valence-electron chi connectivity index (χ1n) is 11.2. The number of aryl methyl sites for hydroxylation is 1. The van der Waals surface area contributed by atoms with Gasteiger partial charge in [0.2, 0.25) is 11.1 Å². The van der Waals surface area contributed by atoms with Crippen molar-refractivity contribution in [1.29, 1.82) is 5.26 Å². The summed E-state index contributed by atoms with van der Waals surface area (Å²) in [6.45, 7) is 0.139. The van der Waals surface area contributed by atoms with E-state index in [0.717, 1.165) is 16.0 Å². The first-order valence-corrected chi connectivity index (χ1v) is 11.6. The number of halogens is 1. The minimum Gasteiger partial charge on any atom is -0.468 e. The van der Waals surface area contributed by atoms with E-state index in [-0.39, 0.29) is 49.3 Å². The second kappa shape index (κ2) is 9.94. The topological polar surface area (TPSA) is 163 Å². The Bertz CT molecular complexity index is 1270. The van der Waals surface area contributed by atoms with Crippen LogP contribution in [0.25, 0.3) is 0 Å². The van der Waals surface area contributed by atoms with Gasteiger partial charge in [-0.1, -0.05) is 24.3 Å². The molecule has 0 radical (unpaired) electrons. The average molecular weight is 515 g/mol. The maximum atomic E-state index is 13.1. The average Bonchev–Trinajstić information content (AvgIpc) is 3.22. The van der Waals surface area contributed by atoms with Gasteiger partial charge in [0, 0.05) is 26.1 Å². The molecule has 2 aromatic rings. The number of benzene rings is 1. The number of carbonyl (C=O) groups excluding carboxylic acids is 1. The van der Waals surface area contributed by atoms with Crippen LogP contribution in [0.1, 0.15) is 29.7 Å². The van der Waals surface area contributed by atoms with Crippen molar-refractivity contribution < 1.29 is 24.4 Å². The van der Waals surface area contributed by atoms with Gasteiger partial charge in [-0.15, -0.1) is 0 Å². The van der Waals surface area contributed by atoms with Crippen molar-refractivity contribution in [3.63, 3.8) is 0 Å². The predicted molar refractivity (Wildman–Crippen MR) is 127 cm³/mol. The molecule has 2 aliphatic rings. The minimum absolute atomic E-state index is 0.0124. The molecule has 1 fully saturated rings. The third-order valence-corrected chi connectivity index (χ3v) is 7.02. The van der Waals surface area contributed by atoms with Gasteiger partial charge in [-0.25, -0.2) is 9.78 Å². The number of rotatable bonds is 6. The Labute approximate surface area is 211 Å². The standard InChI is InChI=1S/C23H23ClN6O6/c1-36-20(31)23(8-6-14-4-2-3-5-16(14)23)12-17-18(30(34)35)19(27-21(24)26-17)28-10-11-29(22(32)33)15(13-28)7-9-25/h2-5,15H,6-8,10-13H2,1H3,(H,32,33)/t15-,23?/m0/s1. The Balaban J connectivity index is 1.79. The third kappa shape index (κ3) is 4.37. The molecule has 1 saturated heterocycles. The van der Waals surface area contributed by atoms with E-state index in [9.17, 15) is 24.8 Å². The molecule has 13 heteroatoms. The number of ether oxygens (including phenoxy) is 1. The van der Waals surface area contributed by atoms with Crippen molar-refractivity contribution in [2.75, 3.05) is 31.6 Å². The van der Waals surface area contributed by atoms with Crippen molar-refractivity contribution >= 4 is 35.2 Å². The van der Waals surface area contributed by atoms with Gasteiger partial charge < -0.3 is 19.6 Å². The van der Waals surface area contributed by atoms with Crippen LogP contribution in [0.2, 0.25) is 5.28 Å². The summed E-state index contributed by atoms with van der Waals surface area (Å²) in [4.78, 5) is 47.4. The fourth-order valence-electron chi connectivity index (χ4n) is 5.21. The number of methoxy groups -OCH3 is 1. The number of amides is 1. The molecule has 4 rings (SSSR count). The molecule has 1 aromatic carbocycles. The van der Waals surface area contributed by atoms with E-state index < -0.39 is 34.1 Å². The number of carbonyl (C=O) groups is 2. The van der Waals surface area contributed by atoms with E-state index in [1.165, 1.54) is 7.11 Å². The van der Waals surface area contributed by atoms with Gasteiger partial charge >= 0.3 is 17.7 Å². The first kappa shape index (κ1) is 25.1. The highest BCUT2D eigenvalue weighted by molar-refractivity contribution is 6.28. The number of hydrogen-bond acceptors (Lipinski definition) is 9. The highest BCUT2D eigenvalue weighted by Crippen LogP contribution is 2.44. The van der Waals surface area contributed by atoms with Crippen LogP contribution in [0.3, 0.4) is 0 Å². The molecule has 12 nitrogen and oxygen atoms in total. The van der Waals surface area contributed by atoms with Crippen LogP contribution >= 0.6 is 11.6 Å². The van der Waals surface area contributed by atoms with E-state index in [0.29, 0.717) is 12.8 Å². The Hall–Kier alpha value is -3.98. The Morgan fingerprint density at radius 1 is 1.36 bits per heavy atom. The zero-order valence-electron chi connectivity index (χ0n) is 19.4. The van der Waals surface area contributed by atoms with Gasteiger partial charge in [-0.2, -0.15) is 10.2 Å². The summed E-state index contributed by atoms with van der Waals surface area (Å²) >= 11 is 6.22. The van der Waals surface area contributed by atoms with Crippen molar-refractivity contribution in [3.8, 4) is 6.07 Å². The molecule has 36 heavy (non-hydrogen) atoms. The second-order valence-electron chi connectivity index (χ2n) is 8.71. The molecule has 1 aliphatic heterocycles. The van der Waals surface area contributed by atoms with Crippen LogP contribution in [-0.4, -0.2) is 69.7 Å². The number of piperazine rings is 1. The minimum atomic E-state index is -1.18. The summed E-state index contributed by atoms with van der Waals surface area (Å²) in [5, 5.41) is 30.7. The summed E-state index contributed by atoms with van der Waals surface area (Å²) in [6.07, 6.45) is -0.415. The summed E-state index contributed by atoms with van der Waals surface area (Å²) in [5.41, 5.74) is 0.0685. The molecule has 1 amide bonds. The molecule has 1 N–H and O–H groups in total. The number of nitro groups is 1. The van der Waals surface area contributed by atoms with Crippen molar-refractivity contribution in [2.24, 2.45) is 0 Å². The zero-order valence-corrected chi connectivity index (χ0v) is 20.1. The van der Waals surface area contributed by atoms with Crippen LogP contribution in [0.5, 0.6) is 0 Å². The summed E-state index contributed by atoms with van der Waals surface area (Å²) in [5.74, 6) is -0.600. The summed E-state index contributed by atoms with van der Waals surface area (Å²) in [7, 11) is 1.27. The van der Waals surface area contributed by atoms with E-state index >= 15 is 0 Å². The zero-order chi connectivity index (χ0) is 26.0. The van der Waals surface area contributed by atoms with Crippen LogP contribution in [0.15, 0.2) is 24.3 Å². The van der Waals surface area contributed by atoms with Gasteiger partial charge in [0.15, 0.2) is 0 Å². The van der Waals surface area contributed by atoms with Gasteiger partial charge in [-0.05, 0) is 35.6 Å². The van der Waals surface area contributed by atoms with E-state index in [1.54, 1.807) is 11.0 Å². The number of nitriles is 1. The molecule has 1 unspecified atom stereocenters. The van der Waals surface area contributed by atoms with Crippen molar-refractivity contribution in [3.05, 3.63) is 56.5 Å². The van der Waals surface area contributed by atoms with E-state index in [2.05, 4.69) is 9.97 Å². The highest BCUT2D eigenvalue weighted by Gasteiger charge is 2.48. The molecule has 0 spiro atoms. The molecular formula is C23H23ClN6O6. The molecular weight excluding hydrogens is 492 g/mol. The van der Waals surface area contributed by atoms with E-state index in [4.69, 9.17) is 21.6 Å². The third-order valence-electron chi connectivity index (χ3n) is 6.85. The molecule has 0 saturated carbocycles. The Morgan fingerprint density at radius 2 is 2.11 bits per heavy atom. The maximum Gasteiger partial charge on any atom is 0.407 e. The predicted octanol–water partition coefficient (Wildman–Crippen LogP) is 2.72. The molecule has 1 aromatic heterocycles.